The molecule has 0 heterocycles. The molecule has 0 amide bonds. The summed E-state index contributed by atoms with van der Waals surface area (Å²) in [5, 5.41) is 3.40. The van der Waals surface area contributed by atoms with Crippen LogP contribution in [0.25, 0.3) is 0 Å². The second-order valence-corrected chi connectivity index (χ2v) is 5.01. The molecule has 20 heavy (non-hydrogen) atoms. The smallest absolute Gasteiger partial charge is 0.144 e. The lowest BCUT2D eigenvalue weighted by Crippen LogP contribution is -2.10. The fourth-order valence-corrected chi connectivity index (χ4v) is 2.78. The third-order valence-electron chi connectivity index (χ3n) is 3.75. The first-order valence-corrected chi connectivity index (χ1v) is 6.63. The highest BCUT2D eigenvalue weighted by Gasteiger charge is 2.28. The summed E-state index contributed by atoms with van der Waals surface area (Å²) in [4.78, 5) is 0. The molecular weight excluding hydrogens is 255 g/mol. The number of rotatable bonds is 3. The first kappa shape index (κ1) is 12.9. The molecule has 1 aliphatic rings. The minimum atomic E-state index is -0.309. The van der Waals surface area contributed by atoms with Crippen LogP contribution in [0.2, 0.25) is 0 Å². The van der Waals surface area contributed by atoms with Crippen molar-refractivity contribution in [2.75, 3.05) is 12.4 Å². The van der Waals surface area contributed by atoms with E-state index in [-0.39, 0.29) is 17.9 Å². The number of hydrogen-bond donors (Lipinski definition) is 2. The maximum atomic E-state index is 13.2. The van der Waals surface area contributed by atoms with Gasteiger partial charge in [-0.1, -0.05) is 24.3 Å². The standard InChI is InChI=1S/C16H17FN2O/c1-20-16-8-10(17)6-7-14(16)19-15-9-13(18)11-4-2-3-5-12(11)15/h2-8,13,15,19H,9,18H2,1H3. The van der Waals surface area contributed by atoms with E-state index in [9.17, 15) is 4.39 Å². The second kappa shape index (κ2) is 5.13. The van der Waals surface area contributed by atoms with E-state index in [1.807, 2.05) is 12.1 Å². The fourth-order valence-electron chi connectivity index (χ4n) is 2.78. The first-order chi connectivity index (χ1) is 9.69. The van der Waals surface area contributed by atoms with Gasteiger partial charge in [-0.25, -0.2) is 4.39 Å². The van der Waals surface area contributed by atoms with Crippen LogP contribution in [0.5, 0.6) is 5.75 Å². The maximum Gasteiger partial charge on any atom is 0.144 e. The molecule has 0 saturated carbocycles. The molecule has 0 saturated heterocycles. The Morgan fingerprint density at radius 1 is 1.20 bits per heavy atom. The molecule has 2 atom stereocenters. The summed E-state index contributed by atoms with van der Waals surface area (Å²) in [5.41, 5.74) is 9.31. The van der Waals surface area contributed by atoms with Crippen molar-refractivity contribution in [3.05, 3.63) is 59.4 Å². The van der Waals surface area contributed by atoms with E-state index in [0.717, 1.165) is 12.1 Å². The molecule has 0 radical (unpaired) electrons. The quantitative estimate of drug-likeness (QED) is 0.900. The number of nitrogens with one attached hydrogen (secondary N) is 1. The summed E-state index contributed by atoms with van der Waals surface area (Å²) in [6.07, 6.45) is 0.819. The van der Waals surface area contributed by atoms with Gasteiger partial charge < -0.3 is 15.8 Å². The van der Waals surface area contributed by atoms with Crippen LogP contribution in [0, 0.1) is 5.82 Å². The van der Waals surface area contributed by atoms with Crippen molar-refractivity contribution in [3.63, 3.8) is 0 Å². The Hall–Kier alpha value is -2.07. The molecule has 0 fully saturated rings. The van der Waals surface area contributed by atoms with Crippen LogP contribution in [-0.2, 0) is 0 Å². The number of methoxy groups -OCH3 is 1. The summed E-state index contributed by atoms with van der Waals surface area (Å²) in [7, 11) is 1.54. The van der Waals surface area contributed by atoms with Gasteiger partial charge in [-0.05, 0) is 29.7 Å². The molecule has 1 aliphatic carbocycles. The highest BCUT2D eigenvalue weighted by molar-refractivity contribution is 5.58. The molecule has 104 valence electrons. The van der Waals surface area contributed by atoms with E-state index in [2.05, 4.69) is 17.4 Å². The Balaban J connectivity index is 1.90. The Morgan fingerprint density at radius 3 is 2.70 bits per heavy atom. The van der Waals surface area contributed by atoms with Crippen LogP contribution in [0.4, 0.5) is 10.1 Å². The van der Waals surface area contributed by atoms with E-state index < -0.39 is 0 Å². The van der Waals surface area contributed by atoms with E-state index in [0.29, 0.717) is 5.75 Å². The molecule has 0 aliphatic heterocycles. The van der Waals surface area contributed by atoms with E-state index in [1.54, 1.807) is 6.07 Å². The number of nitrogens with two attached hydrogens (primary N) is 1. The average molecular weight is 272 g/mol. The van der Waals surface area contributed by atoms with E-state index >= 15 is 0 Å². The summed E-state index contributed by atoms with van der Waals surface area (Å²) in [6.45, 7) is 0. The van der Waals surface area contributed by atoms with E-state index in [1.165, 1.54) is 30.4 Å². The van der Waals surface area contributed by atoms with Crippen molar-refractivity contribution < 1.29 is 9.13 Å². The highest BCUT2D eigenvalue weighted by Crippen LogP contribution is 2.40. The van der Waals surface area contributed by atoms with Gasteiger partial charge >= 0.3 is 0 Å². The van der Waals surface area contributed by atoms with Gasteiger partial charge in [0, 0.05) is 12.1 Å². The van der Waals surface area contributed by atoms with Gasteiger partial charge in [0.15, 0.2) is 0 Å². The zero-order valence-corrected chi connectivity index (χ0v) is 11.3. The Kier molecular flexibility index (Phi) is 3.32. The monoisotopic (exact) mass is 272 g/mol. The molecule has 2 unspecified atom stereocenters. The molecule has 4 heteroatoms. The van der Waals surface area contributed by atoms with Crippen molar-refractivity contribution in [1.29, 1.82) is 0 Å². The van der Waals surface area contributed by atoms with Crippen molar-refractivity contribution in [3.8, 4) is 5.75 Å². The van der Waals surface area contributed by atoms with Crippen molar-refractivity contribution >= 4 is 5.69 Å². The molecule has 3 rings (SSSR count). The number of ether oxygens (including phenoxy) is 1. The summed E-state index contributed by atoms with van der Waals surface area (Å²) < 4.78 is 18.4. The van der Waals surface area contributed by atoms with Crippen LogP contribution < -0.4 is 15.8 Å². The number of anilines is 1. The highest BCUT2D eigenvalue weighted by atomic mass is 19.1. The van der Waals surface area contributed by atoms with Gasteiger partial charge in [0.25, 0.3) is 0 Å². The predicted octanol–water partition coefficient (Wildman–Crippen LogP) is 3.39. The minimum absolute atomic E-state index is 0.0372. The third kappa shape index (κ3) is 2.23. The number of hydrogen-bond acceptors (Lipinski definition) is 3. The van der Waals surface area contributed by atoms with Crippen LogP contribution in [0.1, 0.15) is 29.6 Å². The molecule has 3 N–H and O–H groups in total. The van der Waals surface area contributed by atoms with Crippen molar-refractivity contribution in [2.24, 2.45) is 5.73 Å². The lowest BCUT2D eigenvalue weighted by Gasteiger charge is -2.18. The molecule has 0 spiro atoms. The van der Waals surface area contributed by atoms with Crippen LogP contribution in [0.15, 0.2) is 42.5 Å². The number of halogens is 1. The SMILES string of the molecule is COc1cc(F)ccc1NC1CC(N)c2ccccc21. The Labute approximate surface area is 117 Å². The average Bonchev–Trinajstić information content (AvgIpc) is 2.78. The third-order valence-corrected chi connectivity index (χ3v) is 3.75. The Bertz CT molecular complexity index is 630. The molecule has 2 aromatic carbocycles. The molecule has 3 nitrogen and oxygen atoms in total. The number of benzene rings is 2. The van der Waals surface area contributed by atoms with Gasteiger partial charge in [-0.3, -0.25) is 0 Å². The predicted molar refractivity (Wildman–Crippen MR) is 77.3 cm³/mol. The van der Waals surface area contributed by atoms with Gasteiger partial charge in [0.05, 0.1) is 18.8 Å². The van der Waals surface area contributed by atoms with Crippen LogP contribution >= 0.6 is 0 Å². The maximum absolute atomic E-state index is 13.2. The molecule has 2 aromatic rings. The van der Waals surface area contributed by atoms with Gasteiger partial charge in [0.1, 0.15) is 11.6 Å². The minimum Gasteiger partial charge on any atom is -0.494 e. The first-order valence-electron chi connectivity index (χ1n) is 6.63. The summed E-state index contributed by atoms with van der Waals surface area (Å²) >= 11 is 0. The molecule has 0 aromatic heterocycles. The van der Waals surface area contributed by atoms with Crippen molar-refractivity contribution in [1.82, 2.24) is 0 Å². The van der Waals surface area contributed by atoms with Gasteiger partial charge in [0.2, 0.25) is 0 Å². The van der Waals surface area contributed by atoms with Crippen LogP contribution in [0.3, 0.4) is 0 Å². The lowest BCUT2D eigenvalue weighted by atomic mass is 10.1. The largest absolute Gasteiger partial charge is 0.494 e. The van der Waals surface area contributed by atoms with Crippen LogP contribution in [-0.4, -0.2) is 7.11 Å². The molecule has 0 bridgehead atoms. The number of fused-ring (bicyclic) bond motifs is 1. The van der Waals surface area contributed by atoms with E-state index in [4.69, 9.17) is 10.5 Å². The topological polar surface area (TPSA) is 47.3 Å². The van der Waals surface area contributed by atoms with Crippen molar-refractivity contribution in [2.45, 2.75) is 18.5 Å². The zero-order chi connectivity index (χ0) is 14.1. The second-order valence-electron chi connectivity index (χ2n) is 5.01. The normalized spacial score (nSPS) is 20.6. The summed E-state index contributed by atoms with van der Waals surface area (Å²) in [5.74, 6) is 0.193. The fraction of sp³-hybridized carbons (Fsp3) is 0.250. The Morgan fingerprint density at radius 2 is 1.95 bits per heavy atom. The lowest BCUT2D eigenvalue weighted by molar-refractivity contribution is 0.412. The zero-order valence-electron chi connectivity index (χ0n) is 11.3. The van der Waals surface area contributed by atoms with Gasteiger partial charge in [-0.2, -0.15) is 0 Å². The van der Waals surface area contributed by atoms with Gasteiger partial charge in [-0.15, -0.1) is 0 Å². The summed E-state index contributed by atoms with van der Waals surface area (Å²) in [6, 6.07) is 12.8. The molecular formula is C16H17FN2O.